The van der Waals surface area contributed by atoms with Crippen LogP contribution in [0.25, 0.3) is 5.76 Å². The van der Waals surface area contributed by atoms with Crippen LogP contribution in [-0.2, 0) is 6.54 Å². The first-order valence-corrected chi connectivity index (χ1v) is 6.10. The normalized spacial score (nSPS) is 14.4. The number of rotatable bonds is 1. The van der Waals surface area contributed by atoms with Gasteiger partial charge in [0.15, 0.2) is 5.06 Å². The van der Waals surface area contributed by atoms with Crippen LogP contribution in [0.4, 0.5) is 5.69 Å². The van der Waals surface area contributed by atoms with E-state index < -0.39 is 0 Å². The highest BCUT2D eigenvalue weighted by Gasteiger charge is 2.20. The first-order chi connectivity index (χ1) is 8.24. The van der Waals surface area contributed by atoms with Gasteiger partial charge in [-0.15, -0.1) is 11.3 Å². The summed E-state index contributed by atoms with van der Waals surface area (Å²) in [5.41, 5.74) is 1.76. The minimum absolute atomic E-state index is 0.201. The van der Waals surface area contributed by atoms with Gasteiger partial charge in [0.05, 0.1) is 6.54 Å². The van der Waals surface area contributed by atoms with Crippen LogP contribution in [0.3, 0.4) is 0 Å². The Kier molecular flexibility index (Phi) is 2.30. The fourth-order valence-corrected chi connectivity index (χ4v) is 2.86. The molecule has 0 bridgehead atoms. The lowest BCUT2D eigenvalue weighted by atomic mass is 10.1. The molecule has 2 heterocycles. The van der Waals surface area contributed by atoms with Gasteiger partial charge in [-0.1, -0.05) is 18.2 Å². The van der Waals surface area contributed by atoms with Crippen LogP contribution in [0.2, 0.25) is 0 Å². The molecule has 1 aromatic heterocycles. The fourth-order valence-electron chi connectivity index (χ4n) is 1.95. The lowest BCUT2D eigenvalue weighted by Gasteiger charge is -2.24. The molecule has 0 saturated carbocycles. The van der Waals surface area contributed by atoms with Gasteiger partial charge in [-0.25, -0.2) is 0 Å². The standard InChI is InChI=1S/C13H11NO2S/c15-11-7-14(9-4-2-1-3-5-9)8-12-10(11)6-13(16)17-12/h1-7,15-16H,8H2. The molecule has 86 valence electrons. The summed E-state index contributed by atoms with van der Waals surface area (Å²) in [6, 6.07) is 11.5. The second-order valence-electron chi connectivity index (χ2n) is 3.90. The van der Waals surface area contributed by atoms with Gasteiger partial charge >= 0.3 is 0 Å². The van der Waals surface area contributed by atoms with Gasteiger partial charge in [-0.2, -0.15) is 0 Å². The summed E-state index contributed by atoms with van der Waals surface area (Å²) in [6.07, 6.45) is 1.70. The van der Waals surface area contributed by atoms with Crippen LogP contribution in [0.5, 0.6) is 5.06 Å². The van der Waals surface area contributed by atoms with Crippen LogP contribution in [-0.4, -0.2) is 10.2 Å². The second kappa shape index (κ2) is 3.82. The predicted octanol–water partition coefficient (Wildman–Crippen LogP) is 3.33. The van der Waals surface area contributed by atoms with Crippen LogP contribution in [0, 0.1) is 0 Å². The molecule has 4 heteroatoms. The third-order valence-corrected chi connectivity index (χ3v) is 3.67. The minimum Gasteiger partial charge on any atom is -0.506 e. The van der Waals surface area contributed by atoms with E-state index in [0.717, 1.165) is 16.1 Å². The number of aromatic hydroxyl groups is 1. The van der Waals surface area contributed by atoms with Crippen molar-refractivity contribution in [1.82, 2.24) is 0 Å². The maximum absolute atomic E-state index is 9.92. The SMILES string of the molecule is OC1=CN(c2ccccc2)Cc2sc(O)cc21. The Bertz CT molecular complexity index is 574. The maximum Gasteiger partial charge on any atom is 0.172 e. The van der Waals surface area contributed by atoms with E-state index >= 15 is 0 Å². The van der Waals surface area contributed by atoms with Gasteiger partial charge in [0.25, 0.3) is 0 Å². The van der Waals surface area contributed by atoms with Crippen molar-refractivity contribution < 1.29 is 10.2 Å². The Morgan fingerprint density at radius 3 is 2.65 bits per heavy atom. The van der Waals surface area contributed by atoms with Gasteiger partial charge in [-0.05, 0) is 12.1 Å². The summed E-state index contributed by atoms with van der Waals surface area (Å²) >= 11 is 1.31. The average molecular weight is 245 g/mol. The maximum atomic E-state index is 9.92. The van der Waals surface area contributed by atoms with E-state index in [1.807, 2.05) is 35.2 Å². The molecule has 0 atom stereocenters. The van der Waals surface area contributed by atoms with Gasteiger partial charge in [0.1, 0.15) is 5.76 Å². The van der Waals surface area contributed by atoms with Crippen molar-refractivity contribution in [2.75, 3.05) is 4.90 Å². The fraction of sp³-hybridized carbons (Fsp3) is 0.0769. The van der Waals surface area contributed by atoms with Crippen LogP contribution < -0.4 is 4.90 Å². The minimum atomic E-state index is 0.201. The Morgan fingerprint density at radius 1 is 1.12 bits per heavy atom. The zero-order chi connectivity index (χ0) is 11.8. The average Bonchev–Trinajstić information content (AvgIpc) is 2.71. The van der Waals surface area contributed by atoms with E-state index in [9.17, 15) is 10.2 Å². The molecule has 0 spiro atoms. The zero-order valence-corrected chi connectivity index (χ0v) is 9.81. The molecule has 1 aromatic carbocycles. The smallest absolute Gasteiger partial charge is 0.172 e. The summed E-state index contributed by atoms with van der Waals surface area (Å²) in [4.78, 5) is 2.94. The molecule has 1 aliphatic heterocycles. The van der Waals surface area contributed by atoms with Gasteiger partial charge in [0, 0.05) is 28.4 Å². The van der Waals surface area contributed by atoms with E-state index in [-0.39, 0.29) is 10.8 Å². The van der Waals surface area contributed by atoms with Gasteiger partial charge < -0.3 is 15.1 Å². The zero-order valence-electron chi connectivity index (χ0n) is 9.00. The number of para-hydroxylation sites is 1. The summed E-state index contributed by atoms with van der Waals surface area (Å²) in [5.74, 6) is 0.201. The highest BCUT2D eigenvalue weighted by Crippen LogP contribution is 2.37. The van der Waals surface area contributed by atoms with E-state index in [2.05, 4.69) is 0 Å². The number of nitrogens with zero attached hydrogens (tertiary/aromatic N) is 1. The quantitative estimate of drug-likeness (QED) is 0.810. The molecule has 1 aliphatic rings. The molecule has 0 aliphatic carbocycles. The molecule has 0 radical (unpaired) electrons. The lowest BCUT2D eigenvalue weighted by molar-refractivity contribution is 0.488. The van der Waals surface area contributed by atoms with Gasteiger partial charge in [0.2, 0.25) is 0 Å². The second-order valence-corrected chi connectivity index (χ2v) is 5.01. The first kappa shape index (κ1) is 10.2. The molecular weight excluding hydrogens is 234 g/mol. The van der Waals surface area contributed by atoms with Crippen molar-refractivity contribution in [3.05, 3.63) is 53.0 Å². The topological polar surface area (TPSA) is 43.7 Å². The van der Waals surface area contributed by atoms with E-state index in [1.54, 1.807) is 12.3 Å². The monoisotopic (exact) mass is 245 g/mol. The van der Waals surface area contributed by atoms with Crippen LogP contribution >= 0.6 is 11.3 Å². The Labute approximate surface area is 103 Å². The Balaban J connectivity index is 2.01. The number of hydrogen-bond acceptors (Lipinski definition) is 4. The molecule has 0 amide bonds. The summed E-state index contributed by atoms with van der Waals surface area (Å²) in [6.45, 7) is 0.675. The molecule has 0 unspecified atom stereocenters. The molecular formula is C13H11NO2S. The number of aliphatic hydroxyl groups is 1. The molecule has 2 N–H and O–H groups in total. The number of fused-ring (bicyclic) bond motifs is 1. The third kappa shape index (κ3) is 1.76. The van der Waals surface area contributed by atoms with Crippen molar-refractivity contribution >= 4 is 22.8 Å². The highest BCUT2D eigenvalue weighted by molar-refractivity contribution is 7.14. The first-order valence-electron chi connectivity index (χ1n) is 5.28. The highest BCUT2D eigenvalue weighted by atomic mass is 32.1. The molecule has 0 saturated heterocycles. The molecule has 3 rings (SSSR count). The number of benzene rings is 1. The van der Waals surface area contributed by atoms with Crippen molar-refractivity contribution in [2.24, 2.45) is 0 Å². The Hall–Kier alpha value is -1.94. The van der Waals surface area contributed by atoms with E-state index in [1.165, 1.54) is 11.3 Å². The largest absolute Gasteiger partial charge is 0.506 e. The van der Waals surface area contributed by atoms with Crippen molar-refractivity contribution in [3.8, 4) is 5.06 Å². The van der Waals surface area contributed by atoms with Crippen LogP contribution in [0.1, 0.15) is 10.4 Å². The molecule has 2 aromatic rings. The Morgan fingerprint density at radius 2 is 1.88 bits per heavy atom. The lowest BCUT2D eigenvalue weighted by Crippen LogP contribution is -2.19. The van der Waals surface area contributed by atoms with Crippen molar-refractivity contribution in [2.45, 2.75) is 6.54 Å². The van der Waals surface area contributed by atoms with Crippen LogP contribution in [0.15, 0.2) is 42.6 Å². The molecule has 0 fully saturated rings. The number of aliphatic hydroxyl groups excluding tert-OH is 1. The number of thiophene rings is 1. The van der Waals surface area contributed by atoms with E-state index in [4.69, 9.17) is 0 Å². The third-order valence-electron chi connectivity index (χ3n) is 2.75. The van der Waals surface area contributed by atoms with Gasteiger partial charge in [-0.3, -0.25) is 0 Å². The summed E-state index contributed by atoms with van der Waals surface area (Å²) in [7, 11) is 0. The van der Waals surface area contributed by atoms with Crippen molar-refractivity contribution in [3.63, 3.8) is 0 Å². The summed E-state index contributed by atoms with van der Waals surface area (Å²) < 4.78 is 0. The molecule has 17 heavy (non-hydrogen) atoms. The summed E-state index contributed by atoms with van der Waals surface area (Å²) in [5, 5.41) is 19.6. The number of anilines is 1. The van der Waals surface area contributed by atoms with E-state index in [0.29, 0.717) is 6.54 Å². The predicted molar refractivity (Wildman–Crippen MR) is 69.2 cm³/mol. The molecule has 3 nitrogen and oxygen atoms in total. The number of hydrogen-bond donors (Lipinski definition) is 2. The van der Waals surface area contributed by atoms with Crippen molar-refractivity contribution in [1.29, 1.82) is 0 Å².